The highest BCUT2D eigenvalue weighted by Crippen LogP contribution is 2.36. The van der Waals surface area contributed by atoms with Crippen molar-refractivity contribution in [2.75, 3.05) is 6.61 Å². The topological polar surface area (TPSA) is 42.4 Å². The number of halogens is 1. The highest BCUT2D eigenvalue weighted by Gasteiger charge is 2.19. The number of rotatable bonds is 6. The molecule has 0 aliphatic rings. The van der Waals surface area contributed by atoms with E-state index >= 15 is 0 Å². The van der Waals surface area contributed by atoms with Crippen molar-refractivity contribution >= 4 is 37.5 Å². The van der Waals surface area contributed by atoms with Crippen LogP contribution in [-0.4, -0.2) is 16.7 Å². The molecule has 1 heterocycles. The number of thiazole rings is 1. The summed E-state index contributed by atoms with van der Waals surface area (Å²) in [7, 11) is 0. The summed E-state index contributed by atoms with van der Waals surface area (Å²) in [6.45, 7) is 4.83. The first kappa shape index (κ1) is 17.4. The molecule has 126 valence electrons. The molecule has 0 aliphatic heterocycles. The van der Waals surface area contributed by atoms with Crippen LogP contribution in [0.2, 0.25) is 0 Å². The first-order valence-corrected chi connectivity index (χ1v) is 9.67. The van der Waals surface area contributed by atoms with E-state index in [2.05, 4.69) is 27.8 Å². The normalized spacial score (nSPS) is 12.5. The Labute approximate surface area is 154 Å². The predicted molar refractivity (Wildman–Crippen MR) is 103 cm³/mol. The Morgan fingerprint density at radius 1 is 1.29 bits per heavy atom. The van der Waals surface area contributed by atoms with Crippen molar-refractivity contribution in [1.82, 2.24) is 4.98 Å². The Bertz CT molecular complexity index is 813. The number of benzene rings is 2. The van der Waals surface area contributed by atoms with Gasteiger partial charge in [0, 0.05) is 0 Å². The van der Waals surface area contributed by atoms with Crippen molar-refractivity contribution in [1.29, 1.82) is 0 Å². The van der Waals surface area contributed by atoms with Crippen molar-refractivity contribution in [3.63, 3.8) is 0 Å². The monoisotopic (exact) mass is 405 g/mol. The van der Waals surface area contributed by atoms with Gasteiger partial charge in [-0.3, -0.25) is 0 Å². The second kappa shape index (κ2) is 7.64. The molecule has 1 unspecified atom stereocenters. The molecular weight excluding hydrogens is 386 g/mol. The molecule has 0 fully saturated rings. The van der Waals surface area contributed by atoms with Gasteiger partial charge in [0.05, 0.1) is 21.3 Å². The van der Waals surface area contributed by atoms with E-state index < -0.39 is 6.10 Å². The summed E-state index contributed by atoms with van der Waals surface area (Å²) in [5.74, 6) is 0.821. The molecule has 0 saturated carbocycles. The Morgan fingerprint density at radius 2 is 2.08 bits per heavy atom. The van der Waals surface area contributed by atoms with Crippen LogP contribution in [0.15, 0.2) is 40.9 Å². The average molecular weight is 406 g/mol. The van der Waals surface area contributed by atoms with Crippen molar-refractivity contribution in [3.8, 4) is 5.75 Å². The van der Waals surface area contributed by atoms with Crippen LogP contribution in [-0.2, 0) is 0 Å². The van der Waals surface area contributed by atoms with Crippen molar-refractivity contribution < 1.29 is 9.84 Å². The lowest BCUT2D eigenvalue weighted by molar-refractivity contribution is 0.219. The number of hydrogen-bond donors (Lipinski definition) is 1. The smallest absolute Gasteiger partial charge is 0.133 e. The molecule has 1 aromatic heterocycles. The summed E-state index contributed by atoms with van der Waals surface area (Å²) < 4.78 is 7.75. The third kappa shape index (κ3) is 3.63. The summed E-state index contributed by atoms with van der Waals surface area (Å²) in [4.78, 5) is 4.56. The zero-order valence-electron chi connectivity index (χ0n) is 13.8. The van der Waals surface area contributed by atoms with Gasteiger partial charge in [-0.05, 0) is 64.7 Å². The maximum absolute atomic E-state index is 10.8. The lowest BCUT2D eigenvalue weighted by Crippen LogP contribution is -2.04. The third-order valence-corrected chi connectivity index (χ3v) is 5.62. The highest BCUT2D eigenvalue weighted by molar-refractivity contribution is 9.10. The van der Waals surface area contributed by atoms with E-state index in [-0.39, 0.29) is 0 Å². The number of hydrogen-bond acceptors (Lipinski definition) is 4. The van der Waals surface area contributed by atoms with Gasteiger partial charge in [0.15, 0.2) is 0 Å². The van der Waals surface area contributed by atoms with Gasteiger partial charge in [0.1, 0.15) is 16.9 Å². The van der Waals surface area contributed by atoms with Crippen molar-refractivity contribution in [2.24, 2.45) is 0 Å². The van der Waals surface area contributed by atoms with Crippen LogP contribution in [0.1, 0.15) is 42.0 Å². The molecule has 0 saturated heterocycles. The lowest BCUT2D eigenvalue weighted by Gasteiger charge is -2.15. The predicted octanol–water partition coefficient (Wildman–Crippen LogP) is 5.63. The van der Waals surface area contributed by atoms with E-state index in [0.29, 0.717) is 11.6 Å². The number of aryl methyl sites for hydroxylation is 1. The Balaban J connectivity index is 1.89. The molecule has 5 heteroatoms. The molecule has 0 spiro atoms. The van der Waals surface area contributed by atoms with Gasteiger partial charge >= 0.3 is 0 Å². The first-order chi connectivity index (χ1) is 11.6. The maximum atomic E-state index is 10.8. The molecule has 1 N–H and O–H groups in total. The van der Waals surface area contributed by atoms with Crippen LogP contribution < -0.4 is 4.74 Å². The van der Waals surface area contributed by atoms with E-state index in [1.165, 1.54) is 11.3 Å². The number of unbranched alkanes of at least 4 members (excludes halogenated alkanes) is 1. The Kier molecular flexibility index (Phi) is 5.54. The van der Waals surface area contributed by atoms with Crippen molar-refractivity contribution in [2.45, 2.75) is 32.8 Å². The molecule has 0 radical (unpaired) electrons. The third-order valence-electron chi connectivity index (χ3n) is 3.91. The zero-order chi connectivity index (χ0) is 17.1. The molecule has 3 rings (SSSR count). The van der Waals surface area contributed by atoms with Crippen LogP contribution in [0.4, 0.5) is 0 Å². The highest BCUT2D eigenvalue weighted by atomic mass is 79.9. The second-order valence-corrected chi connectivity index (χ2v) is 7.68. The van der Waals surface area contributed by atoms with Gasteiger partial charge < -0.3 is 9.84 Å². The van der Waals surface area contributed by atoms with Gasteiger partial charge in [0.2, 0.25) is 0 Å². The minimum Gasteiger partial charge on any atom is -0.492 e. The van der Waals surface area contributed by atoms with E-state index in [4.69, 9.17) is 4.74 Å². The number of aliphatic hydroxyl groups excluding tert-OH is 1. The molecule has 24 heavy (non-hydrogen) atoms. The maximum Gasteiger partial charge on any atom is 0.133 e. The average Bonchev–Trinajstić information content (AvgIpc) is 3.01. The van der Waals surface area contributed by atoms with Gasteiger partial charge in [-0.25, -0.2) is 4.98 Å². The second-order valence-electron chi connectivity index (χ2n) is 5.76. The van der Waals surface area contributed by atoms with Gasteiger partial charge in [-0.2, -0.15) is 0 Å². The van der Waals surface area contributed by atoms with Crippen LogP contribution in [0.25, 0.3) is 10.2 Å². The van der Waals surface area contributed by atoms with Crippen molar-refractivity contribution in [3.05, 3.63) is 57.0 Å². The van der Waals surface area contributed by atoms with Crippen LogP contribution >= 0.6 is 27.3 Å². The fraction of sp³-hybridized carbons (Fsp3) is 0.316. The summed E-state index contributed by atoms with van der Waals surface area (Å²) in [6, 6.07) is 11.9. The van der Waals surface area contributed by atoms with E-state index in [9.17, 15) is 5.11 Å². The Hall–Kier alpha value is -1.43. The number of para-hydroxylation sites is 1. The number of nitrogens with zero attached hydrogens (tertiary/aromatic N) is 1. The molecule has 2 aromatic carbocycles. The number of ether oxygens (including phenoxy) is 1. The lowest BCUT2D eigenvalue weighted by atomic mass is 10.0. The van der Waals surface area contributed by atoms with Crippen LogP contribution in [0.5, 0.6) is 5.75 Å². The fourth-order valence-corrected chi connectivity index (χ4v) is 3.99. The minimum absolute atomic E-state index is 0.703. The quantitative estimate of drug-likeness (QED) is 0.540. The molecular formula is C19H20BrNO2S. The molecule has 1 atom stereocenters. The SMILES string of the molecule is CCCCOc1cc(C)c(C(O)c2nc3ccccc3s2)cc1Br. The first-order valence-electron chi connectivity index (χ1n) is 8.06. The molecule has 3 nitrogen and oxygen atoms in total. The van der Waals surface area contributed by atoms with E-state index in [0.717, 1.165) is 44.4 Å². The van der Waals surface area contributed by atoms with Crippen LogP contribution in [0, 0.1) is 6.92 Å². The zero-order valence-corrected chi connectivity index (χ0v) is 16.2. The largest absolute Gasteiger partial charge is 0.492 e. The van der Waals surface area contributed by atoms with Crippen LogP contribution in [0.3, 0.4) is 0 Å². The molecule has 0 amide bonds. The number of aromatic nitrogens is 1. The summed E-state index contributed by atoms with van der Waals surface area (Å²) in [5.41, 5.74) is 2.77. The van der Waals surface area contributed by atoms with Gasteiger partial charge in [0.25, 0.3) is 0 Å². The summed E-state index contributed by atoms with van der Waals surface area (Å²) in [5, 5.41) is 11.5. The minimum atomic E-state index is -0.733. The van der Waals surface area contributed by atoms with E-state index in [1.807, 2.05) is 43.3 Å². The molecule has 0 bridgehead atoms. The molecule has 0 aliphatic carbocycles. The Morgan fingerprint density at radius 3 is 2.83 bits per heavy atom. The van der Waals surface area contributed by atoms with Gasteiger partial charge in [-0.15, -0.1) is 11.3 Å². The van der Waals surface area contributed by atoms with Gasteiger partial charge in [-0.1, -0.05) is 25.5 Å². The standard InChI is InChI=1S/C19H20BrNO2S/c1-3-4-9-23-16-10-12(2)13(11-14(16)20)18(22)19-21-15-7-5-6-8-17(15)24-19/h5-8,10-11,18,22H,3-4,9H2,1-2H3. The summed E-state index contributed by atoms with van der Waals surface area (Å²) in [6.07, 6.45) is 1.40. The summed E-state index contributed by atoms with van der Waals surface area (Å²) >= 11 is 5.08. The number of aliphatic hydroxyl groups is 1. The van der Waals surface area contributed by atoms with E-state index in [1.54, 1.807) is 0 Å². The number of fused-ring (bicyclic) bond motifs is 1. The fourth-order valence-electron chi connectivity index (χ4n) is 2.54. The molecule has 3 aromatic rings.